The van der Waals surface area contributed by atoms with Gasteiger partial charge in [-0.05, 0) is 57.3 Å². The first kappa shape index (κ1) is 13.9. The minimum absolute atomic E-state index is 0.0665. The molecule has 0 nitrogen and oxygen atoms in total. The van der Waals surface area contributed by atoms with Gasteiger partial charge in [-0.25, -0.2) is 0 Å². The molecule has 2 rings (SSSR count). The fourth-order valence-electron chi connectivity index (χ4n) is 1.87. The van der Waals surface area contributed by atoms with Gasteiger partial charge in [0, 0.05) is 3.57 Å². The molecule has 1 unspecified atom stereocenters. The predicted octanol–water partition coefficient (Wildman–Crippen LogP) is 5.74. The average molecular weight is 371 g/mol. The molecule has 94 valence electrons. The van der Waals surface area contributed by atoms with Crippen LogP contribution in [0.25, 0.3) is 0 Å². The normalized spacial score (nSPS) is 12.7. The van der Waals surface area contributed by atoms with E-state index in [-0.39, 0.29) is 5.38 Å². The topological polar surface area (TPSA) is 0 Å². The predicted molar refractivity (Wildman–Crippen MR) is 87.4 cm³/mol. The highest BCUT2D eigenvalue weighted by Gasteiger charge is 2.10. The lowest BCUT2D eigenvalue weighted by Crippen LogP contribution is -1.94. The van der Waals surface area contributed by atoms with E-state index in [1.807, 2.05) is 0 Å². The lowest BCUT2D eigenvalue weighted by molar-refractivity contribution is 0.865. The fourth-order valence-corrected chi connectivity index (χ4v) is 2.52. The summed E-state index contributed by atoms with van der Waals surface area (Å²) < 4.78 is 1.23. The number of alkyl halides is 1. The van der Waals surface area contributed by atoms with Gasteiger partial charge in [0.2, 0.25) is 0 Å². The molecule has 0 saturated carbocycles. The van der Waals surface area contributed by atoms with Gasteiger partial charge in [0.05, 0.1) is 5.38 Å². The van der Waals surface area contributed by atoms with E-state index in [9.17, 15) is 0 Å². The highest BCUT2D eigenvalue weighted by atomic mass is 127. The maximum atomic E-state index is 6.51. The maximum Gasteiger partial charge on any atom is 0.0835 e. The van der Waals surface area contributed by atoms with Gasteiger partial charge in [0.1, 0.15) is 0 Å². The molecule has 2 heteroatoms. The van der Waals surface area contributed by atoms with Crippen molar-refractivity contribution in [1.82, 2.24) is 0 Å². The Hall–Kier alpha value is -0.540. The Balaban J connectivity index is 2.23. The van der Waals surface area contributed by atoms with Crippen LogP contribution in [0.1, 0.15) is 41.8 Å². The summed E-state index contributed by atoms with van der Waals surface area (Å²) in [5.41, 5.74) is 3.65. The molecule has 0 radical (unpaired) electrons. The van der Waals surface area contributed by atoms with E-state index in [0.29, 0.717) is 5.92 Å². The first-order valence-corrected chi connectivity index (χ1v) is 7.59. The summed E-state index contributed by atoms with van der Waals surface area (Å²) in [7, 11) is 0. The van der Waals surface area contributed by atoms with E-state index in [1.165, 1.54) is 9.13 Å². The van der Waals surface area contributed by atoms with E-state index >= 15 is 0 Å². The quantitative estimate of drug-likeness (QED) is 0.477. The van der Waals surface area contributed by atoms with Crippen LogP contribution in [0.2, 0.25) is 0 Å². The molecule has 0 N–H and O–H groups in total. The van der Waals surface area contributed by atoms with E-state index in [0.717, 1.165) is 11.1 Å². The molecule has 0 bridgehead atoms. The molecular formula is C16H16ClI. The summed E-state index contributed by atoms with van der Waals surface area (Å²) in [4.78, 5) is 0. The molecule has 0 aliphatic rings. The standard InChI is InChI=1S/C16H16ClI/c1-11(2)12-3-5-13(6-4-12)16(17)14-7-9-15(18)10-8-14/h3-11,16H,1-2H3. The Morgan fingerprint density at radius 2 is 1.17 bits per heavy atom. The molecule has 0 heterocycles. The smallest absolute Gasteiger partial charge is 0.0835 e. The maximum absolute atomic E-state index is 6.51. The van der Waals surface area contributed by atoms with Crippen molar-refractivity contribution in [3.63, 3.8) is 0 Å². The SMILES string of the molecule is CC(C)c1ccc(C(Cl)c2ccc(I)cc2)cc1. The van der Waals surface area contributed by atoms with Crippen LogP contribution in [0, 0.1) is 3.57 Å². The summed E-state index contributed by atoms with van der Waals surface area (Å²) in [5.74, 6) is 0.561. The molecule has 0 aliphatic heterocycles. The van der Waals surface area contributed by atoms with Crippen molar-refractivity contribution in [2.75, 3.05) is 0 Å². The zero-order valence-electron chi connectivity index (χ0n) is 10.5. The average Bonchev–Trinajstić information content (AvgIpc) is 2.39. The van der Waals surface area contributed by atoms with Crippen LogP contribution in [-0.4, -0.2) is 0 Å². The summed E-state index contributed by atoms with van der Waals surface area (Å²) in [6.07, 6.45) is 0. The first-order chi connectivity index (χ1) is 8.58. The van der Waals surface area contributed by atoms with Crippen molar-refractivity contribution in [1.29, 1.82) is 0 Å². The van der Waals surface area contributed by atoms with E-state index in [1.54, 1.807) is 0 Å². The largest absolute Gasteiger partial charge is 0.113 e. The molecule has 0 spiro atoms. The van der Waals surface area contributed by atoms with Crippen molar-refractivity contribution in [3.8, 4) is 0 Å². The molecule has 0 aliphatic carbocycles. The van der Waals surface area contributed by atoms with Crippen LogP contribution in [0.3, 0.4) is 0 Å². The summed E-state index contributed by atoms with van der Waals surface area (Å²) >= 11 is 8.82. The highest BCUT2D eigenvalue weighted by Crippen LogP contribution is 2.30. The molecule has 0 amide bonds. The van der Waals surface area contributed by atoms with Gasteiger partial charge < -0.3 is 0 Å². The van der Waals surface area contributed by atoms with Crippen molar-refractivity contribution < 1.29 is 0 Å². The molecule has 2 aromatic rings. The summed E-state index contributed by atoms with van der Waals surface area (Å²) in [6, 6.07) is 17.0. The number of hydrogen-bond acceptors (Lipinski definition) is 0. The Morgan fingerprint density at radius 1 is 0.778 bits per heavy atom. The highest BCUT2D eigenvalue weighted by molar-refractivity contribution is 14.1. The molecule has 2 aromatic carbocycles. The zero-order chi connectivity index (χ0) is 13.1. The van der Waals surface area contributed by atoms with E-state index in [2.05, 4.69) is 85.0 Å². The van der Waals surface area contributed by atoms with Gasteiger partial charge in [0.25, 0.3) is 0 Å². The second kappa shape index (κ2) is 6.07. The monoisotopic (exact) mass is 370 g/mol. The Morgan fingerprint density at radius 3 is 1.61 bits per heavy atom. The lowest BCUT2D eigenvalue weighted by atomic mass is 9.98. The number of benzene rings is 2. The van der Waals surface area contributed by atoms with E-state index in [4.69, 9.17) is 11.6 Å². The van der Waals surface area contributed by atoms with Gasteiger partial charge in [0.15, 0.2) is 0 Å². The minimum atomic E-state index is -0.0665. The fraction of sp³-hybridized carbons (Fsp3) is 0.250. The molecule has 1 atom stereocenters. The second-order valence-electron chi connectivity index (χ2n) is 4.74. The lowest BCUT2D eigenvalue weighted by Gasteiger charge is -2.12. The van der Waals surface area contributed by atoms with Crippen LogP contribution in [-0.2, 0) is 0 Å². The van der Waals surface area contributed by atoms with Crippen LogP contribution in [0.4, 0.5) is 0 Å². The van der Waals surface area contributed by atoms with Gasteiger partial charge in [-0.15, -0.1) is 11.6 Å². The Labute approximate surface area is 128 Å². The van der Waals surface area contributed by atoms with Crippen LogP contribution < -0.4 is 0 Å². The molecule has 0 aromatic heterocycles. The first-order valence-electron chi connectivity index (χ1n) is 6.07. The molecule has 18 heavy (non-hydrogen) atoms. The summed E-state index contributed by atoms with van der Waals surface area (Å²) in [6.45, 7) is 4.40. The van der Waals surface area contributed by atoms with Gasteiger partial charge in [-0.1, -0.05) is 50.2 Å². The zero-order valence-corrected chi connectivity index (χ0v) is 13.4. The van der Waals surface area contributed by atoms with Gasteiger partial charge >= 0.3 is 0 Å². The third-order valence-corrected chi connectivity index (χ3v) is 4.28. The van der Waals surface area contributed by atoms with Crippen LogP contribution >= 0.6 is 34.2 Å². The van der Waals surface area contributed by atoms with Gasteiger partial charge in [-0.2, -0.15) is 0 Å². The van der Waals surface area contributed by atoms with Gasteiger partial charge in [-0.3, -0.25) is 0 Å². The third-order valence-electron chi connectivity index (χ3n) is 3.06. The summed E-state index contributed by atoms with van der Waals surface area (Å²) in [5, 5.41) is -0.0665. The minimum Gasteiger partial charge on any atom is -0.113 e. The van der Waals surface area contributed by atoms with Crippen molar-refractivity contribution in [2.24, 2.45) is 0 Å². The molecule has 0 fully saturated rings. The van der Waals surface area contributed by atoms with E-state index < -0.39 is 0 Å². The van der Waals surface area contributed by atoms with Crippen LogP contribution in [0.15, 0.2) is 48.5 Å². The van der Waals surface area contributed by atoms with Crippen molar-refractivity contribution in [3.05, 3.63) is 68.8 Å². The van der Waals surface area contributed by atoms with Crippen molar-refractivity contribution >= 4 is 34.2 Å². The van der Waals surface area contributed by atoms with Crippen molar-refractivity contribution in [2.45, 2.75) is 25.1 Å². The Bertz CT molecular complexity index is 500. The number of halogens is 2. The number of rotatable bonds is 3. The van der Waals surface area contributed by atoms with Crippen LogP contribution in [0.5, 0.6) is 0 Å². The number of hydrogen-bond donors (Lipinski definition) is 0. The molecular weight excluding hydrogens is 355 g/mol. The third kappa shape index (κ3) is 3.27. The molecule has 0 saturated heterocycles. The second-order valence-corrected chi connectivity index (χ2v) is 6.42. The Kier molecular flexibility index (Phi) is 4.68.